The SMILES string of the molecule is CCN(CC)CCN(C(=O)C=Cc1cccc([N+](=O)[O-])c1)c1nc2c(F)cccc2s1.Cl. The number of thiazole rings is 1. The standard InChI is InChI=1S/C22H23FN4O3S.ClH/c1-3-25(4-2)13-14-26(22-24-21-18(23)9-6-10-19(21)31-22)20(28)12-11-16-7-5-8-17(15-16)27(29)30;/h5-12,15H,3-4,13-14H2,1-2H3;1H. The lowest BCUT2D eigenvalue weighted by Crippen LogP contribution is -2.38. The molecule has 1 aromatic heterocycles. The van der Waals surface area contributed by atoms with E-state index in [2.05, 4.69) is 9.88 Å². The monoisotopic (exact) mass is 478 g/mol. The Kier molecular flexibility index (Phi) is 9.25. The Morgan fingerprint density at radius 2 is 1.91 bits per heavy atom. The fraction of sp³-hybridized carbons (Fsp3) is 0.273. The van der Waals surface area contributed by atoms with Crippen molar-refractivity contribution in [2.45, 2.75) is 13.8 Å². The summed E-state index contributed by atoms with van der Waals surface area (Å²) in [5.74, 6) is -0.749. The maximum absolute atomic E-state index is 14.1. The molecule has 0 fully saturated rings. The van der Waals surface area contributed by atoms with Crippen LogP contribution in [0, 0.1) is 15.9 Å². The highest BCUT2D eigenvalue weighted by Crippen LogP contribution is 2.30. The molecular formula is C22H24ClFN4O3S. The van der Waals surface area contributed by atoms with Crippen molar-refractivity contribution in [2.24, 2.45) is 0 Å². The molecule has 0 saturated heterocycles. The van der Waals surface area contributed by atoms with Crippen LogP contribution in [-0.4, -0.2) is 46.9 Å². The molecule has 2 aromatic carbocycles. The third kappa shape index (κ3) is 6.09. The van der Waals surface area contributed by atoms with Crippen LogP contribution in [0.1, 0.15) is 19.4 Å². The third-order valence-corrected chi connectivity index (χ3v) is 5.93. The van der Waals surface area contributed by atoms with Crippen LogP contribution in [-0.2, 0) is 4.79 Å². The Balaban J connectivity index is 0.00000363. The summed E-state index contributed by atoms with van der Waals surface area (Å²) >= 11 is 1.26. The number of nitrogens with zero attached hydrogens (tertiary/aromatic N) is 4. The number of rotatable bonds is 9. The molecule has 170 valence electrons. The fourth-order valence-electron chi connectivity index (χ4n) is 3.10. The zero-order valence-corrected chi connectivity index (χ0v) is 19.4. The first-order chi connectivity index (χ1) is 14.9. The number of non-ortho nitro benzene ring substituents is 1. The van der Waals surface area contributed by atoms with Gasteiger partial charge in [-0.15, -0.1) is 12.4 Å². The summed E-state index contributed by atoms with van der Waals surface area (Å²) < 4.78 is 14.8. The average Bonchev–Trinajstić information content (AvgIpc) is 3.20. The zero-order chi connectivity index (χ0) is 22.4. The number of nitro groups is 1. The number of para-hydroxylation sites is 1. The highest BCUT2D eigenvalue weighted by molar-refractivity contribution is 7.22. The highest BCUT2D eigenvalue weighted by Gasteiger charge is 2.20. The Labute approximate surface area is 195 Å². The van der Waals surface area contributed by atoms with E-state index in [0.29, 0.717) is 28.5 Å². The Morgan fingerprint density at radius 3 is 2.56 bits per heavy atom. The smallest absolute Gasteiger partial charge is 0.270 e. The van der Waals surface area contributed by atoms with E-state index in [1.165, 1.54) is 46.6 Å². The predicted octanol–water partition coefficient (Wildman–Crippen LogP) is 5.15. The van der Waals surface area contributed by atoms with Gasteiger partial charge in [0, 0.05) is 31.3 Å². The minimum absolute atomic E-state index is 0. The molecule has 0 bridgehead atoms. The number of hydrogen-bond acceptors (Lipinski definition) is 6. The maximum atomic E-state index is 14.1. The van der Waals surface area contributed by atoms with Crippen LogP contribution >= 0.6 is 23.7 Å². The maximum Gasteiger partial charge on any atom is 0.270 e. The second kappa shape index (κ2) is 11.7. The molecule has 0 spiro atoms. The summed E-state index contributed by atoms with van der Waals surface area (Å²) in [6.45, 7) is 6.81. The summed E-state index contributed by atoms with van der Waals surface area (Å²) in [7, 11) is 0. The lowest BCUT2D eigenvalue weighted by molar-refractivity contribution is -0.384. The van der Waals surface area contributed by atoms with Gasteiger partial charge in [0.1, 0.15) is 11.3 Å². The van der Waals surface area contributed by atoms with Crippen LogP contribution in [0.25, 0.3) is 16.3 Å². The van der Waals surface area contributed by atoms with Gasteiger partial charge in [-0.2, -0.15) is 0 Å². The van der Waals surface area contributed by atoms with Crippen LogP contribution in [0.3, 0.4) is 0 Å². The molecule has 0 atom stereocenters. The van der Waals surface area contributed by atoms with Gasteiger partial charge < -0.3 is 4.90 Å². The van der Waals surface area contributed by atoms with E-state index in [0.717, 1.165) is 13.1 Å². The number of halogens is 2. The minimum Gasteiger partial charge on any atom is -0.302 e. The van der Waals surface area contributed by atoms with Crippen molar-refractivity contribution in [1.82, 2.24) is 9.88 Å². The number of nitro benzene ring substituents is 1. The number of hydrogen-bond donors (Lipinski definition) is 0. The van der Waals surface area contributed by atoms with E-state index >= 15 is 0 Å². The van der Waals surface area contributed by atoms with Crippen molar-refractivity contribution in [3.63, 3.8) is 0 Å². The summed E-state index contributed by atoms with van der Waals surface area (Å²) in [4.78, 5) is 31.6. The molecule has 3 rings (SSSR count). The summed E-state index contributed by atoms with van der Waals surface area (Å²) in [5.41, 5.74) is 0.738. The first-order valence-electron chi connectivity index (χ1n) is 9.94. The van der Waals surface area contributed by atoms with Crippen molar-refractivity contribution in [3.05, 3.63) is 70.0 Å². The largest absolute Gasteiger partial charge is 0.302 e. The fourth-order valence-corrected chi connectivity index (χ4v) is 4.11. The number of anilines is 1. The summed E-state index contributed by atoms with van der Waals surface area (Å²) in [6.07, 6.45) is 2.90. The average molecular weight is 479 g/mol. The quantitative estimate of drug-likeness (QED) is 0.241. The summed E-state index contributed by atoms with van der Waals surface area (Å²) in [5, 5.41) is 11.4. The molecule has 0 saturated carbocycles. The van der Waals surface area contributed by atoms with E-state index in [4.69, 9.17) is 0 Å². The molecule has 7 nitrogen and oxygen atoms in total. The van der Waals surface area contributed by atoms with Gasteiger partial charge >= 0.3 is 0 Å². The van der Waals surface area contributed by atoms with Gasteiger partial charge in [-0.3, -0.25) is 19.8 Å². The molecule has 0 N–H and O–H groups in total. The van der Waals surface area contributed by atoms with Crippen LogP contribution in [0.2, 0.25) is 0 Å². The van der Waals surface area contributed by atoms with Crippen molar-refractivity contribution < 1.29 is 14.1 Å². The molecule has 0 radical (unpaired) electrons. The molecule has 10 heteroatoms. The lowest BCUT2D eigenvalue weighted by atomic mass is 10.2. The van der Waals surface area contributed by atoms with Gasteiger partial charge in [0.2, 0.25) is 0 Å². The first-order valence-corrected chi connectivity index (χ1v) is 10.8. The van der Waals surface area contributed by atoms with E-state index in [9.17, 15) is 19.3 Å². The van der Waals surface area contributed by atoms with Crippen LogP contribution in [0.15, 0.2) is 48.5 Å². The van der Waals surface area contributed by atoms with Crippen LogP contribution < -0.4 is 4.90 Å². The number of aromatic nitrogens is 1. The lowest BCUT2D eigenvalue weighted by Gasteiger charge is -2.23. The van der Waals surface area contributed by atoms with E-state index in [-0.39, 0.29) is 29.5 Å². The second-order valence-corrected chi connectivity index (χ2v) is 7.79. The van der Waals surface area contributed by atoms with Crippen molar-refractivity contribution in [2.75, 3.05) is 31.1 Å². The second-order valence-electron chi connectivity index (χ2n) is 6.79. The first kappa shape index (κ1) is 25.4. The van der Waals surface area contributed by atoms with Gasteiger partial charge in [0.15, 0.2) is 5.13 Å². The molecule has 0 aliphatic rings. The topological polar surface area (TPSA) is 79.6 Å². The Morgan fingerprint density at radius 1 is 1.19 bits per heavy atom. The number of carbonyl (C=O) groups excluding carboxylic acids is 1. The van der Waals surface area contributed by atoms with Gasteiger partial charge in [-0.05, 0) is 36.9 Å². The number of carbonyl (C=O) groups is 1. The van der Waals surface area contributed by atoms with Crippen molar-refractivity contribution >= 4 is 56.8 Å². The Bertz CT molecular complexity index is 1120. The molecule has 1 heterocycles. The van der Waals surface area contributed by atoms with Gasteiger partial charge in [0.05, 0.1) is 9.62 Å². The molecular weight excluding hydrogens is 455 g/mol. The van der Waals surface area contributed by atoms with Crippen LogP contribution in [0.5, 0.6) is 0 Å². The summed E-state index contributed by atoms with van der Waals surface area (Å²) in [6, 6.07) is 10.8. The van der Waals surface area contributed by atoms with Crippen molar-refractivity contribution in [3.8, 4) is 0 Å². The van der Waals surface area contributed by atoms with E-state index < -0.39 is 10.7 Å². The molecule has 0 unspecified atom stereocenters. The molecule has 3 aromatic rings. The molecule has 0 aliphatic heterocycles. The Hall–Kier alpha value is -2.88. The molecule has 32 heavy (non-hydrogen) atoms. The molecule has 0 aliphatic carbocycles. The normalized spacial score (nSPS) is 11.1. The van der Waals surface area contributed by atoms with Gasteiger partial charge in [0.25, 0.3) is 11.6 Å². The zero-order valence-electron chi connectivity index (χ0n) is 17.7. The minimum atomic E-state index is -0.481. The van der Waals surface area contributed by atoms with Gasteiger partial charge in [-0.25, -0.2) is 9.37 Å². The van der Waals surface area contributed by atoms with Crippen LogP contribution in [0.4, 0.5) is 15.2 Å². The van der Waals surface area contributed by atoms with E-state index in [1.54, 1.807) is 24.3 Å². The highest BCUT2D eigenvalue weighted by atomic mass is 35.5. The predicted molar refractivity (Wildman–Crippen MR) is 129 cm³/mol. The van der Waals surface area contributed by atoms with Gasteiger partial charge in [-0.1, -0.05) is 43.4 Å². The number of likely N-dealkylation sites (N-methyl/N-ethyl adjacent to an activating group) is 1. The molecule has 1 amide bonds. The number of benzene rings is 2. The number of fused-ring (bicyclic) bond motifs is 1. The van der Waals surface area contributed by atoms with Crippen molar-refractivity contribution in [1.29, 1.82) is 0 Å². The van der Waals surface area contributed by atoms with E-state index in [1.807, 2.05) is 13.8 Å². The third-order valence-electron chi connectivity index (χ3n) is 4.89. The number of amides is 1.